The number of hydrogen-bond donors (Lipinski definition) is 3. The Morgan fingerprint density at radius 3 is 1.43 bits per heavy atom. The van der Waals surface area contributed by atoms with Crippen molar-refractivity contribution in [3.63, 3.8) is 0 Å². The highest BCUT2D eigenvalue weighted by Crippen LogP contribution is 2.35. The van der Waals surface area contributed by atoms with E-state index in [1.807, 2.05) is 0 Å². The van der Waals surface area contributed by atoms with Gasteiger partial charge in [0.2, 0.25) is 0 Å². The van der Waals surface area contributed by atoms with E-state index in [9.17, 15) is 19.3 Å². The first-order valence-corrected chi connectivity index (χ1v) is 21.3. The number of rotatable bonds is 36. The van der Waals surface area contributed by atoms with E-state index in [0.29, 0.717) is 6.42 Å². The number of phosphoric acid groups is 1. The zero-order valence-electron chi connectivity index (χ0n) is 31.3. The highest BCUT2D eigenvalue weighted by molar-refractivity contribution is 7.46. The van der Waals surface area contributed by atoms with Gasteiger partial charge >= 0.3 is 19.8 Å². The summed E-state index contributed by atoms with van der Waals surface area (Å²) in [5, 5.41) is 10.2. The van der Waals surface area contributed by atoms with Gasteiger partial charge in [-0.25, -0.2) is 14.2 Å². The summed E-state index contributed by atoms with van der Waals surface area (Å²) in [6.45, 7) is 3.37. The monoisotopic (exact) mass is 716 g/mol. The van der Waals surface area contributed by atoms with Crippen LogP contribution >= 0.6 is 7.82 Å². The maximum absolute atomic E-state index is 12.3. The fraction of sp³-hybridized carbons (Fsp3) is 0.846. The molecule has 0 aromatic rings. The van der Waals surface area contributed by atoms with Gasteiger partial charge in [0.15, 0.2) is 6.10 Å². The van der Waals surface area contributed by atoms with Crippen molar-refractivity contribution in [1.29, 1.82) is 0 Å². The van der Waals surface area contributed by atoms with E-state index in [1.54, 1.807) is 6.08 Å². The molecule has 10 heteroatoms. The number of carbonyl (C=O) groups is 2. The molecule has 3 N–H and O–H groups in total. The minimum Gasteiger partial charge on any atom is -0.512 e. The molecular formula is C39H73O9P. The molecule has 0 aliphatic heterocycles. The summed E-state index contributed by atoms with van der Waals surface area (Å²) in [5.74, 6) is -1.68. The maximum Gasteiger partial charge on any atom is 0.469 e. The minimum atomic E-state index is -4.83. The molecule has 288 valence electrons. The number of hydrogen-bond acceptors (Lipinski definition) is 7. The Morgan fingerprint density at radius 1 is 0.592 bits per heavy atom. The molecule has 0 bridgehead atoms. The van der Waals surface area contributed by atoms with Crippen molar-refractivity contribution in [2.24, 2.45) is 0 Å². The summed E-state index contributed by atoms with van der Waals surface area (Å²) in [5.41, 5.74) is 0. The fourth-order valence-corrected chi connectivity index (χ4v) is 6.07. The van der Waals surface area contributed by atoms with Crippen LogP contribution in [-0.4, -0.2) is 46.1 Å². The van der Waals surface area contributed by atoms with Gasteiger partial charge in [-0.2, -0.15) is 0 Å². The molecule has 0 rings (SSSR count). The first-order chi connectivity index (χ1) is 23.7. The minimum absolute atomic E-state index is 0.129. The molecule has 0 saturated carbocycles. The Labute approximate surface area is 299 Å². The van der Waals surface area contributed by atoms with Crippen molar-refractivity contribution < 1.29 is 43.0 Å². The van der Waals surface area contributed by atoms with Gasteiger partial charge in [-0.15, -0.1) is 0 Å². The second kappa shape index (κ2) is 34.8. The first kappa shape index (κ1) is 47.3. The number of esters is 2. The van der Waals surface area contributed by atoms with Crippen LogP contribution in [0.5, 0.6) is 0 Å². The summed E-state index contributed by atoms with van der Waals surface area (Å²) in [6.07, 6.45) is 36.1. The molecule has 0 fully saturated rings. The van der Waals surface area contributed by atoms with E-state index in [1.165, 1.54) is 134 Å². The van der Waals surface area contributed by atoms with E-state index in [0.717, 1.165) is 51.0 Å². The second-order valence-electron chi connectivity index (χ2n) is 13.5. The average molecular weight is 717 g/mol. The number of aliphatic hydroxyl groups is 1. The zero-order valence-corrected chi connectivity index (χ0v) is 32.2. The van der Waals surface area contributed by atoms with Crippen LogP contribution in [0.3, 0.4) is 0 Å². The van der Waals surface area contributed by atoms with Gasteiger partial charge < -0.3 is 24.4 Å². The van der Waals surface area contributed by atoms with Crippen molar-refractivity contribution in [2.45, 2.75) is 200 Å². The van der Waals surface area contributed by atoms with Crippen LogP contribution in [0, 0.1) is 0 Å². The molecule has 0 unspecified atom stereocenters. The van der Waals surface area contributed by atoms with E-state index in [-0.39, 0.29) is 5.76 Å². The number of unbranched alkanes of at least 4 members (excludes halogenated alkanes) is 25. The molecule has 0 aliphatic carbocycles. The van der Waals surface area contributed by atoms with Gasteiger partial charge in [-0.1, -0.05) is 174 Å². The lowest BCUT2D eigenvalue weighted by Gasteiger charge is -2.17. The lowest BCUT2D eigenvalue weighted by molar-refractivity contribution is -0.154. The third-order valence-corrected chi connectivity index (χ3v) is 9.16. The van der Waals surface area contributed by atoms with Crippen LogP contribution in [0.1, 0.15) is 194 Å². The largest absolute Gasteiger partial charge is 0.512 e. The molecule has 1 atom stereocenters. The molecule has 0 saturated heterocycles. The molecule has 0 spiro atoms. The number of allylic oxidation sites excluding steroid dienone is 2. The summed E-state index contributed by atoms with van der Waals surface area (Å²) in [6, 6.07) is 0. The topological polar surface area (TPSA) is 140 Å². The molecule has 0 aromatic carbocycles. The maximum atomic E-state index is 12.3. The van der Waals surface area contributed by atoms with Crippen molar-refractivity contribution in [3.05, 3.63) is 24.0 Å². The van der Waals surface area contributed by atoms with Crippen molar-refractivity contribution in [2.75, 3.05) is 13.2 Å². The molecular weight excluding hydrogens is 643 g/mol. The highest BCUT2D eigenvalue weighted by atomic mass is 31.2. The Morgan fingerprint density at radius 2 is 1.00 bits per heavy atom. The number of aliphatic hydroxyl groups excluding tert-OH is 1. The second-order valence-corrected chi connectivity index (χ2v) is 14.8. The quantitative estimate of drug-likeness (QED) is 0.0190. The van der Waals surface area contributed by atoms with Crippen LogP contribution < -0.4 is 0 Å². The molecule has 0 heterocycles. The number of phosphoric ester groups is 1. The van der Waals surface area contributed by atoms with Gasteiger partial charge in [0.25, 0.3) is 0 Å². The Hall–Kier alpha value is -1.67. The van der Waals surface area contributed by atoms with E-state index >= 15 is 0 Å². The molecule has 0 aliphatic rings. The van der Waals surface area contributed by atoms with Gasteiger partial charge in [-0.3, -0.25) is 4.52 Å². The van der Waals surface area contributed by atoms with Gasteiger partial charge in [0.05, 0.1) is 18.4 Å². The zero-order chi connectivity index (χ0) is 36.3. The number of ether oxygens (including phenoxy) is 2. The van der Waals surface area contributed by atoms with Crippen molar-refractivity contribution in [1.82, 2.24) is 0 Å². The standard InChI is InChI=1S/C39H73O9P/c1-3-5-7-9-11-13-15-17-18-20-22-24-26-28-30-32-38(41)46-34-37(35-47-49(43,44)45)48-39(42)33-36(40)31-29-27-25-23-21-19-16-14-12-10-8-6-4-2/h30,32-33,37,40H,3-29,31,34-35H2,1-2H3,(H2,43,44,45)/b32-30-,36-33?/t37-/m1/s1. The predicted molar refractivity (Wildman–Crippen MR) is 199 cm³/mol. The summed E-state index contributed by atoms with van der Waals surface area (Å²) >= 11 is 0. The number of carbonyl (C=O) groups excluding carboxylic acids is 2. The molecule has 49 heavy (non-hydrogen) atoms. The Bertz CT molecular complexity index is 884. The lowest BCUT2D eigenvalue weighted by atomic mass is 10.0. The Balaban J connectivity index is 4.15. The van der Waals surface area contributed by atoms with Crippen LogP contribution in [0.2, 0.25) is 0 Å². The lowest BCUT2D eigenvalue weighted by Crippen LogP contribution is -2.28. The van der Waals surface area contributed by atoms with E-state index < -0.39 is 39.1 Å². The van der Waals surface area contributed by atoms with Crippen LogP contribution in [0.25, 0.3) is 0 Å². The van der Waals surface area contributed by atoms with Crippen LogP contribution in [0.4, 0.5) is 0 Å². The van der Waals surface area contributed by atoms with Gasteiger partial charge in [0, 0.05) is 12.5 Å². The predicted octanol–water partition coefficient (Wildman–Crippen LogP) is 11.5. The molecule has 9 nitrogen and oxygen atoms in total. The van der Waals surface area contributed by atoms with Crippen molar-refractivity contribution >= 4 is 19.8 Å². The average Bonchev–Trinajstić information content (AvgIpc) is 3.05. The highest BCUT2D eigenvalue weighted by Gasteiger charge is 2.22. The Kier molecular flexibility index (Phi) is 33.6. The van der Waals surface area contributed by atoms with E-state index in [2.05, 4.69) is 18.4 Å². The molecule has 0 radical (unpaired) electrons. The molecule has 0 aromatic heterocycles. The first-order valence-electron chi connectivity index (χ1n) is 19.8. The third kappa shape index (κ3) is 37.4. The SMILES string of the molecule is CCCCCCCCCCCCCCC/C=C\C(=O)OC[C@H](COP(=O)(O)O)OC(=O)C=C(O)CCCCCCCCCCCCCCC. The normalized spacial score (nSPS) is 12.9. The van der Waals surface area contributed by atoms with Crippen molar-refractivity contribution in [3.8, 4) is 0 Å². The summed E-state index contributed by atoms with van der Waals surface area (Å²) in [4.78, 5) is 42.6. The van der Waals surface area contributed by atoms with E-state index in [4.69, 9.17) is 19.3 Å². The van der Waals surface area contributed by atoms with Gasteiger partial charge in [-0.05, 0) is 19.3 Å². The van der Waals surface area contributed by atoms with Crippen LogP contribution in [-0.2, 0) is 28.2 Å². The summed E-state index contributed by atoms with van der Waals surface area (Å²) < 4.78 is 25.9. The smallest absolute Gasteiger partial charge is 0.469 e. The fourth-order valence-electron chi connectivity index (χ4n) is 5.71. The molecule has 0 amide bonds. The van der Waals surface area contributed by atoms with Gasteiger partial charge in [0.1, 0.15) is 6.61 Å². The summed E-state index contributed by atoms with van der Waals surface area (Å²) in [7, 11) is -4.83. The van der Waals surface area contributed by atoms with Crippen LogP contribution in [0.15, 0.2) is 24.0 Å². The third-order valence-electron chi connectivity index (χ3n) is 8.67.